The summed E-state index contributed by atoms with van der Waals surface area (Å²) in [7, 11) is 0. The van der Waals surface area contributed by atoms with Gasteiger partial charge in [-0.2, -0.15) is 0 Å². The van der Waals surface area contributed by atoms with E-state index in [2.05, 4.69) is 0 Å². The molecule has 1 fully saturated rings. The minimum atomic E-state index is -0.619. The second kappa shape index (κ2) is 11.1. The van der Waals surface area contributed by atoms with Crippen molar-refractivity contribution in [3.05, 3.63) is 24.0 Å². The summed E-state index contributed by atoms with van der Waals surface area (Å²) >= 11 is 0. The van der Waals surface area contributed by atoms with Gasteiger partial charge in [0.15, 0.2) is 6.29 Å². The van der Waals surface area contributed by atoms with E-state index in [0.29, 0.717) is 50.9 Å². The molecule has 27 heavy (non-hydrogen) atoms. The number of morpholine rings is 1. The van der Waals surface area contributed by atoms with Crippen LogP contribution in [0.25, 0.3) is 0 Å². The fraction of sp³-hybridized carbons (Fsp3) is 0.632. The second-order valence-corrected chi connectivity index (χ2v) is 5.88. The molecule has 0 saturated carbocycles. The zero-order valence-corrected chi connectivity index (χ0v) is 16.3. The van der Waals surface area contributed by atoms with Gasteiger partial charge in [0.05, 0.1) is 37.7 Å². The second-order valence-electron chi connectivity index (χ2n) is 5.88. The van der Waals surface area contributed by atoms with E-state index in [4.69, 9.17) is 18.9 Å². The number of hydrogen-bond donors (Lipinski definition) is 0. The zero-order chi connectivity index (χ0) is 19.6. The smallest absolute Gasteiger partial charge is 0.414 e. The maximum atomic E-state index is 14.8. The van der Waals surface area contributed by atoms with E-state index in [1.807, 2.05) is 18.7 Å². The summed E-state index contributed by atoms with van der Waals surface area (Å²) in [6, 6.07) is 4.73. The van der Waals surface area contributed by atoms with Crippen LogP contribution in [0.2, 0.25) is 0 Å². The number of ether oxygens (including phenoxy) is 4. The molecular weight excluding hydrogens is 355 g/mol. The average Bonchev–Trinajstić information content (AvgIpc) is 2.67. The minimum absolute atomic E-state index is 0.108. The minimum Gasteiger partial charge on any atom is -0.449 e. The van der Waals surface area contributed by atoms with E-state index in [1.165, 1.54) is 11.0 Å². The van der Waals surface area contributed by atoms with Crippen LogP contribution < -0.4 is 9.80 Å². The molecule has 0 N–H and O–H groups in total. The Labute approximate surface area is 159 Å². The topological polar surface area (TPSA) is 60.5 Å². The third-order valence-electron chi connectivity index (χ3n) is 4.12. The van der Waals surface area contributed by atoms with Gasteiger partial charge in [-0.25, -0.2) is 9.18 Å². The van der Waals surface area contributed by atoms with Crippen LogP contribution in [0.5, 0.6) is 0 Å². The van der Waals surface area contributed by atoms with Crippen LogP contribution in [0.15, 0.2) is 18.2 Å². The number of hydrogen-bond acceptors (Lipinski definition) is 6. The van der Waals surface area contributed by atoms with Crippen molar-refractivity contribution >= 4 is 17.5 Å². The van der Waals surface area contributed by atoms with E-state index in [0.717, 1.165) is 0 Å². The zero-order valence-electron chi connectivity index (χ0n) is 16.3. The highest BCUT2D eigenvalue weighted by atomic mass is 19.1. The molecule has 1 amide bonds. The largest absolute Gasteiger partial charge is 0.449 e. The van der Waals surface area contributed by atoms with Crippen molar-refractivity contribution in [3.8, 4) is 0 Å². The highest BCUT2D eigenvalue weighted by Crippen LogP contribution is 2.26. The molecule has 0 aromatic heterocycles. The molecule has 1 heterocycles. The molecule has 0 radical (unpaired) electrons. The number of anilines is 2. The summed E-state index contributed by atoms with van der Waals surface area (Å²) in [5.41, 5.74) is 0.893. The Balaban J connectivity index is 2.23. The molecule has 0 spiro atoms. The Morgan fingerprint density at radius 1 is 1.19 bits per heavy atom. The fourth-order valence-corrected chi connectivity index (χ4v) is 2.89. The van der Waals surface area contributed by atoms with E-state index < -0.39 is 18.2 Å². The van der Waals surface area contributed by atoms with Gasteiger partial charge in [0, 0.05) is 26.3 Å². The lowest BCUT2D eigenvalue weighted by Gasteiger charge is -2.30. The van der Waals surface area contributed by atoms with Gasteiger partial charge < -0.3 is 23.8 Å². The molecule has 0 aliphatic carbocycles. The van der Waals surface area contributed by atoms with Gasteiger partial charge >= 0.3 is 6.09 Å². The first-order valence-corrected chi connectivity index (χ1v) is 9.40. The molecule has 1 aromatic carbocycles. The first-order chi connectivity index (χ1) is 13.1. The first kappa shape index (κ1) is 21.4. The third-order valence-corrected chi connectivity index (χ3v) is 4.12. The van der Waals surface area contributed by atoms with Crippen LogP contribution >= 0.6 is 0 Å². The first-order valence-electron chi connectivity index (χ1n) is 9.40. The molecule has 0 atom stereocenters. The lowest BCUT2D eigenvalue weighted by atomic mass is 10.2. The number of nitrogens with zero attached hydrogens (tertiary/aromatic N) is 2. The summed E-state index contributed by atoms with van der Waals surface area (Å²) in [4.78, 5) is 15.7. The number of carbonyl (C=O) groups excluding carboxylic acids is 1. The van der Waals surface area contributed by atoms with Crippen LogP contribution in [0, 0.1) is 5.82 Å². The van der Waals surface area contributed by atoms with Gasteiger partial charge in [-0.1, -0.05) is 0 Å². The van der Waals surface area contributed by atoms with Gasteiger partial charge in [-0.05, 0) is 39.0 Å². The van der Waals surface area contributed by atoms with E-state index >= 15 is 0 Å². The molecule has 7 nitrogen and oxygen atoms in total. The molecule has 1 saturated heterocycles. The Bertz CT molecular complexity index is 589. The third kappa shape index (κ3) is 6.05. The highest BCUT2D eigenvalue weighted by Gasteiger charge is 2.24. The highest BCUT2D eigenvalue weighted by molar-refractivity contribution is 5.88. The molecule has 1 aliphatic heterocycles. The molecule has 2 rings (SSSR count). The molecule has 152 valence electrons. The number of amides is 1. The van der Waals surface area contributed by atoms with Crippen molar-refractivity contribution in [1.29, 1.82) is 0 Å². The van der Waals surface area contributed by atoms with Crippen molar-refractivity contribution < 1.29 is 28.1 Å². The SMILES string of the molecule is CCOC(=O)N(CC(OCC)OCC)c1ccc(N2CCOCC2)c(F)c1. The number of benzene rings is 1. The van der Waals surface area contributed by atoms with Crippen LogP contribution in [-0.4, -0.2) is 65.1 Å². The van der Waals surface area contributed by atoms with Gasteiger partial charge in [-0.15, -0.1) is 0 Å². The molecule has 0 unspecified atom stereocenters. The van der Waals surface area contributed by atoms with Crippen LogP contribution in [-0.2, 0) is 18.9 Å². The Morgan fingerprint density at radius 2 is 1.85 bits per heavy atom. The molecule has 1 aromatic rings. The molecule has 0 bridgehead atoms. The van der Waals surface area contributed by atoms with Crippen molar-refractivity contribution in [2.45, 2.75) is 27.1 Å². The van der Waals surface area contributed by atoms with Crippen LogP contribution in [0.3, 0.4) is 0 Å². The number of halogens is 1. The predicted octanol–water partition coefficient (Wildman–Crippen LogP) is 3.02. The quantitative estimate of drug-likeness (QED) is 0.610. The maximum Gasteiger partial charge on any atom is 0.414 e. The lowest BCUT2D eigenvalue weighted by molar-refractivity contribution is -0.129. The molecular formula is C19H29FN2O5. The van der Waals surface area contributed by atoms with E-state index in [9.17, 15) is 9.18 Å². The van der Waals surface area contributed by atoms with E-state index in [-0.39, 0.29) is 13.2 Å². The lowest BCUT2D eigenvalue weighted by Crippen LogP contribution is -2.40. The van der Waals surface area contributed by atoms with Crippen molar-refractivity contribution in [2.24, 2.45) is 0 Å². The van der Waals surface area contributed by atoms with Crippen molar-refractivity contribution in [3.63, 3.8) is 0 Å². The van der Waals surface area contributed by atoms with Crippen molar-refractivity contribution in [1.82, 2.24) is 0 Å². The summed E-state index contributed by atoms with van der Waals surface area (Å²) in [5.74, 6) is -0.395. The average molecular weight is 384 g/mol. The molecule has 1 aliphatic rings. The standard InChI is InChI=1S/C19H29FN2O5/c1-4-25-18(26-5-2)14-22(19(23)27-6-3)15-7-8-17(16(20)13-15)21-9-11-24-12-10-21/h7-8,13,18H,4-6,9-12,14H2,1-3H3. The van der Waals surface area contributed by atoms with Crippen molar-refractivity contribution in [2.75, 3.05) is 62.5 Å². The maximum absolute atomic E-state index is 14.8. The number of carbonyl (C=O) groups is 1. The summed E-state index contributed by atoms with van der Waals surface area (Å²) in [5, 5.41) is 0. The summed E-state index contributed by atoms with van der Waals surface area (Å²) in [6.45, 7) is 9.02. The summed E-state index contributed by atoms with van der Waals surface area (Å²) in [6.07, 6.45) is -1.19. The monoisotopic (exact) mass is 384 g/mol. The Morgan fingerprint density at radius 3 is 2.41 bits per heavy atom. The fourth-order valence-electron chi connectivity index (χ4n) is 2.89. The van der Waals surface area contributed by atoms with Gasteiger partial charge in [0.25, 0.3) is 0 Å². The van der Waals surface area contributed by atoms with Gasteiger partial charge in [0.1, 0.15) is 5.82 Å². The Kier molecular flexibility index (Phi) is 8.77. The van der Waals surface area contributed by atoms with Crippen LogP contribution in [0.4, 0.5) is 20.6 Å². The van der Waals surface area contributed by atoms with Crippen LogP contribution in [0.1, 0.15) is 20.8 Å². The van der Waals surface area contributed by atoms with Gasteiger partial charge in [0.2, 0.25) is 0 Å². The predicted molar refractivity (Wildman–Crippen MR) is 101 cm³/mol. The van der Waals surface area contributed by atoms with Gasteiger partial charge in [-0.3, -0.25) is 4.90 Å². The summed E-state index contributed by atoms with van der Waals surface area (Å²) < 4.78 is 36.2. The number of rotatable bonds is 9. The molecule has 8 heteroatoms. The normalized spacial score (nSPS) is 14.5. The Hall–Kier alpha value is -1.90. The van der Waals surface area contributed by atoms with E-state index in [1.54, 1.807) is 19.1 Å².